The molecule has 0 amide bonds. The van der Waals surface area contributed by atoms with Gasteiger partial charge >= 0.3 is 0 Å². The van der Waals surface area contributed by atoms with Crippen LogP contribution in [0.2, 0.25) is 0 Å². The first-order valence-electron chi connectivity index (χ1n) is 7.74. The minimum Gasteiger partial charge on any atom is -0.381 e. The van der Waals surface area contributed by atoms with Crippen LogP contribution < -0.4 is 10.2 Å². The molecule has 3 heteroatoms. The van der Waals surface area contributed by atoms with Crippen molar-refractivity contribution in [3.63, 3.8) is 0 Å². The van der Waals surface area contributed by atoms with Crippen molar-refractivity contribution in [2.24, 2.45) is 5.92 Å². The lowest BCUT2D eigenvalue weighted by atomic mass is 10.1. The van der Waals surface area contributed by atoms with E-state index in [1.165, 1.54) is 25.7 Å². The molecule has 0 spiro atoms. The van der Waals surface area contributed by atoms with E-state index in [1.54, 1.807) is 0 Å². The van der Waals surface area contributed by atoms with Crippen LogP contribution in [0.25, 0.3) is 0 Å². The first-order valence-corrected chi connectivity index (χ1v) is 7.74. The van der Waals surface area contributed by atoms with Crippen LogP contribution in [0.4, 0.5) is 11.5 Å². The van der Waals surface area contributed by atoms with Crippen LogP contribution in [-0.2, 0) is 0 Å². The second kappa shape index (κ2) is 6.78. The van der Waals surface area contributed by atoms with E-state index >= 15 is 0 Å². The van der Waals surface area contributed by atoms with Crippen LogP contribution in [-0.4, -0.2) is 24.1 Å². The third-order valence-corrected chi connectivity index (χ3v) is 4.32. The Hall–Kier alpha value is -1.25. The van der Waals surface area contributed by atoms with Gasteiger partial charge in [0.25, 0.3) is 0 Å². The van der Waals surface area contributed by atoms with Gasteiger partial charge < -0.3 is 10.2 Å². The molecule has 19 heavy (non-hydrogen) atoms. The zero-order valence-corrected chi connectivity index (χ0v) is 12.5. The predicted octanol–water partition coefficient (Wildman–Crippen LogP) is 3.92. The second-order valence-corrected chi connectivity index (χ2v) is 5.51. The average molecular weight is 261 g/mol. The van der Waals surface area contributed by atoms with Gasteiger partial charge in [0.05, 0.1) is 11.9 Å². The number of pyridine rings is 1. The third kappa shape index (κ3) is 3.62. The largest absolute Gasteiger partial charge is 0.381 e. The quantitative estimate of drug-likeness (QED) is 0.841. The number of rotatable bonds is 6. The van der Waals surface area contributed by atoms with Crippen LogP contribution in [0.1, 0.15) is 46.5 Å². The standard InChI is InChI=1S/C16H27N3/c1-4-13-7-8-14(11-13)18-15-9-10-16(17-12-15)19(5-2)6-3/h9-10,12-14,18H,4-8,11H2,1-3H3. The molecule has 1 aromatic rings. The highest BCUT2D eigenvalue weighted by atomic mass is 15.2. The van der Waals surface area contributed by atoms with Crippen molar-refractivity contribution >= 4 is 11.5 Å². The number of hydrogen-bond donors (Lipinski definition) is 1. The summed E-state index contributed by atoms with van der Waals surface area (Å²) in [6.07, 6.45) is 7.29. The number of anilines is 2. The number of aromatic nitrogens is 1. The highest BCUT2D eigenvalue weighted by Crippen LogP contribution is 2.30. The summed E-state index contributed by atoms with van der Waals surface area (Å²) in [5.41, 5.74) is 1.16. The Kier molecular flexibility index (Phi) is 5.06. The molecule has 106 valence electrons. The fourth-order valence-electron chi connectivity index (χ4n) is 3.02. The molecule has 1 fully saturated rings. The molecule has 0 aliphatic heterocycles. The van der Waals surface area contributed by atoms with Crippen LogP contribution >= 0.6 is 0 Å². The van der Waals surface area contributed by atoms with Crippen LogP contribution in [0.3, 0.4) is 0 Å². The van der Waals surface area contributed by atoms with Gasteiger partial charge in [-0.15, -0.1) is 0 Å². The van der Waals surface area contributed by atoms with Gasteiger partial charge in [0, 0.05) is 19.1 Å². The van der Waals surface area contributed by atoms with Crippen molar-refractivity contribution in [2.75, 3.05) is 23.3 Å². The molecule has 0 bridgehead atoms. The molecule has 0 aromatic carbocycles. The summed E-state index contributed by atoms with van der Waals surface area (Å²) >= 11 is 0. The Morgan fingerprint density at radius 3 is 2.53 bits per heavy atom. The molecule has 1 aromatic heterocycles. The fraction of sp³-hybridized carbons (Fsp3) is 0.688. The molecule has 1 aliphatic carbocycles. The molecule has 2 unspecified atom stereocenters. The van der Waals surface area contributed by atoms with E-state index in [9.17, 15) is 0 Å². The van der Waals surface area contributed by atoms with Gasteiger partial charge in [-0.2, -0.15) is 0 Å². The molecule has 2 rings (SSSR count). The van der Waals surface area contributed by atoms with E-state index in [1.807, 2.05) is 6.20 Å². The minimum atomic E-state index is 0.644. The Balaban J connectivity index is 1.92. The van der Waals surface area contributed by atoms with Crippen molar-refractivity contribution in [3.8, 4) is 0 Å². The van der Waals surface area contributed by atoms with Gasteiger partial charge in [-0.05, 0) is 51.2 Å². The summed E-state index contributed by atoms with van der Waals surface area (Å²) in [5, 5.41) is 3.63. The summed E-state index contributed by atoms with van der Waals surface area (Å²) in [6.45, 7) is 8.66. The van der Waals surface area contributed by atoms with Gasteiger partial charge in [-0.25, -0.2) is 4.98 Å². The maximum absolute atomic E-state index is 4.57. The highest BCUT2D eigenvalue weighted by molar-refractivity contribution is 5.49. The molecule has 1 aliphatic rings. The normalized spacial score (nSPS) is 22.5. The molecule has 0 saturated heterocycles. The Morgan fingerprint density at radius 2 is 2.00 bits per heavy atom. The van der Waals surface area contributed by atoms with Crippen molar-refractivity contribution in [2.45, 2.75) is 52.5 Å². The van der Waals surface area contributed by atoms with Crippen molar-refractivity contribution in [1.29, 1.82) is 0 Å². The van der Waals surface area contributed by atoms with E-state index in [0.717, 1.165) is 30.5 Å². The Bertz CT molecular complexity index is 370. The lowest BCUT2D eigenvalue weighted by molar-refractivity contribution is 0.525. The average Bonchev–Trinajstić information content (AvgIpc) is 2.90. The summed E-state index contributed by atoms with van der Waals surface area (Å²) in [5.74, 6) is 1.99. The summed E-state index contributed by atoms with van der Waals surface area (Å²) < 4.78 is 0. The van der Waals surface area contributed by atoms with Gasteiger partial charge in [0.1, 0.15) is 5.82 Å². The maximum Gasteiger partial charge on any atom is 0.128 e. The van der Waals surface area contributed by atoms with E-state index < -0.39 is 0 Å². The molecular weight excluding hydrogens is 234 g/mol. The third-order valence-electron chi connectivity index (χ3n) is 4.32. The smallest absolute Gasteiger partial charge is 0.128 e. The number of nitrogens with one attached hydrogen (secondary N) is 1. The summed E-state index contributed by atoms with van der Waals surface area (Å²) in [6, 6.07) is 4.94. The molecule has 1 N–H and O–H groups in total. The summed E-state index contributed by atoms with van der Waals surface area (Å²) in [7, 11) is 0. The monoisotopic (exact) mass is 261 g/mol. The molecule has 1 heterocycles. The molecular formula is C16H27N3. The Labute approximate surface area is 117 Å². The van der Waals surface area contributed by atoms with Crippen LogP contribution in [0, 0.1) is 5.92 Å². The lowest BCUT2D eigenvalue weighted by Crippen LogP contribution is -2.23. The molecule has 0 radical (unpaired) electrons. The van der Waals surface area contributed by atoms with Crippen molar-refractivity contribution < 1.29 is 0 Å². The maximum atomic E-state index is 4.57. The SMILES string of the molecule is CCC1CCC(Nc2ccc(N(CC)CC)nc2)C1. The van der Waals surface area contributed by atoms with Crippen LogP contribution in [0.5, 0.6) is 0 Å². The number of hydrogen-bond acceptors (Lipinski definition) is 3. The lowest BCUT2D eigenvalue weighted by Gasteiger charge is -2.20. The zero-order valence-electron chi connectivity index (χ0n) is 12.5. The number of nitrogens with zero attached hydrogens (tertiary/aromatic N) is 2. The molecule has 2 atom stereocenters. The molecule has 1 saturated carbocycles. The molecule has 3 nitrogen and oxygen atoms in total. The second-order valence-electron chi connectivity index (χ2n) is 5.51. The summed E-state index contributed by atoms with van der Waals surface area (Å²) in [4.78, 5) is 6.84. The minimum absolute atomic E-state index is 0.644. The van der Waals surface area contributed by atoms with E-state index in [0.29, 0.717) is 6.04 Å². The van der Waals surface area contributed by atoms with Gasteiger partial charge in [0.2, 0.25) is 0 Å². The topological polar surface area (TPSA) is 28.2 Å². The Morgan fingerprint density at radius 1 is 1.21 bits per heavy atom. The fourth-order valence-corrected chi connectivity index (χ4v) is 3.02. The van der Waals surface area contributed by atoms with Gasteiger partial charge in [0.15, 0.2) is 0 Å². The first-order chi connectivity index (χ1) is 9.26. The van der Waals surface area contributed by atoms with Crippen molar-refractivity contribution in [1.82, 2.24) is 4.98 Å². The van der Waals surface area contributed by atoms with E-state index in [2.05, 4.69) is 48.1 Å². The highest BCUT2D eigenvalue weighted by Gasteiger charge is 2.22. The predicted molar refractivity (Wildman–Crippen MR) is 82.8 cm³/mol. The van der Waals surface area contributed by atoms with E-state index in [4.69, 9.17) is 0 Å². The first kappa shape index (κ1) is 14.2. The van der Waals surface area contributed by atoms with Crippen molar-refractivity contribution in [3.05, 3.63) is 18.3 Å². The zero-order chi connectivity index (χ0) is 13.7. The van der Waals surface area contributed by atoms with Crippen LogP contribution in [0.15, 0.2) is 18.3 Å². The van der Waals surface area contributed by atoms with Gasteiger partial charge in [-0.3, -0.25) is 0 Å². The van der Waals surface area contributed by atoms with E-state index in [-0.39, 0.29) is 0 Å². The van der Waals surface area contributed by atoms with Gasteiger partial charge in [-0.1, -0.05) is 13.3 Å².